The number of amides is 1. The molecule has 2 aromatic carbocycles. The second kappa shape index (κ2) is 9.05. The molecule has 4 saturated carbocycles. The first-order valence-electron chi connectivity index (χ1n) is 13.1. The van der Waals surface area contributed by atoms with E-state index >= 15 is 0 Å². The zero-order chi connectivity index (χ0) is 25.7. The molecule has 1 heterocycles. The van der Waals surface area contributed by atoms with Gasteiger partial charge in [0, 0.05) is 5.39 Å². The van der Waals surface area contributed by atoms with Crippen LogP contribution in [0.1, 0.15) is 54.4 Å². The number of hydrogen-bond acceptors (Lipinski definition) is 5. The molecule has 4 aliphatic rings. The molecule has 3 aromatic rings. The van der Waals surface area contributed by atoms with E-state index < -0.39 is 11.5 Å². The Hall–Kier alpha value is -3.61. The maximum atomic E-state index is 13.8. The molecule has 7 nitrogen and oxygen atoms in total. The van der Waals surface area contributed by atoms with Crippen molar-refractivity contribution in [1.29, 1.82) is 0 Å². The highest BCUT2D eigenvalue weighted by atomic mass is 16.5. The van der Waals surface area contributed by atoms with Gasteiger partial charge in [0.25, 0.3) is 5.56 Å². The third-order valence-electron chi connectivity index (χ3n) is 8.79. The number of benzene rings is 2. The van der Waals surface area contributed by atoms with E-state index in [0.717, 1.165) is 24.8 Å². The fraction of sp³-hybridized carbons (Fsp3) is 0.433. The molecule has 4 bridgehead atoms. The summed E-state index contributed by atoms with van der Waals surface area (Å²) < 4.78 is 11.8. The summed E-state index contributed by atoms with van der Waals surface area (Å²) in [4.78, 5) is 39.9. The van der Waals surface area contributed by atoms with Crippen LogP contribution in [0.5, 0.6) is 5.75 Å². The highest BCUT2D eigenvalue weighted by Crippen LogP contribution is 2.60. The number of nitrogens with zero attached hydrogens (tertiary/aromatic N) is 1. The van der Waals surface area contributed by atoms with E-state index in [1.54, 1.807) is 17.7 Å². The predicted molar refractivity (Wildman–Crippen MR) is 141 cm³/mol. The van der Waals surface area contributed by atoms with Crippen molar-refractivity contribution in [1.82, 2.24) is 4.57 Å². The summed E-state index contributed by atoms with van der Waals surface area (Å²) in [6.07, 6.45) is 6.68. The van der Waals surface area contributed by atoms with Crippen LogP contribution in [0, 0.1) is 23.2 Å². The van der Waals surface area contributed by atoms with Crippen LogP contribution in [0.3, 0.4) is 0 Å². The van der Waals surface area contributed by atoms with Crippen LogP contribution in [0.4, 0.5) is 5.69 Å². The molecule has 0 unspecified atom stereocenters. The number of anilines is 1. The van der Waals surface area contributed by atoms with Crippen LogP contribution in [0.15, 0.2) is 53.3 Å². The summed E-state index contributed by atoms with van der Waals surface area (Å²) >= 11 is 0. The Morgan fingerprint density at radius 3 is 2.30 bits per heavy atom. The standard InChI is InChI=1S/C30H32N2O5/c1-36-22-6-3-5-18(12-22)17-32-26-8-4-7-25(23(26)13-24(27(32)33)28(34)37-2)31-29(35)30-14-19-9-20(15-30)11-21(10-19)16-30/h3-8,12-13,19-21H,9-11,14-17H2,1-2H3,(H,31,35). The molecule has 4 aliphatic carbocycles. The number of esters is 1. The molecule has 1 N–H and O–H groups in total. The smallest absolute Gasteiger partial charge is 0.343 e. The van der Waals surface area contributed by atoms with Gasteiger partial charge in [-0.25, -0.2) is 4.79 Å². The Kier molecular flexibility index (Phi) is 5.81. The van der Waals surface area contributed by atoms with Gasteiger partial charge in [-0.3, -0.25) is 9.59 Å². The van der Waals surface area contributed by atoms with Gasteiger partial charge in [0.2, 0.25) is 5.91 Å². The summed E-state index contributed by atoms with van der Waals surface area (Å²) in [6, 6.07) is 14.6. The molecule has 0 atom stereocenters. The summed E-state index contributed by atoms with van der Waals surface area (Å²) in [5.41, 5.74) is 1.30. The van der Waals surface area contributed by atoms with Gasteiger partial charge in [-0.05, 0) is 92.2 Å². The molecule has 1 aromatic heterocycles. The minimum absolute atomic E-state index is 0.0607. The topological polar surface area (TPSA) is 86.6 Å². The average molecular weight is 501 g/mol. The molecular formula is C30H32N2O5. The summed E-state index contributed by atoms with van der Waals surface area (Å²) in [7, 11) is 2.86. The monoisotopic (exact) mass is 500 g/mol. The molecule has 0 radical (unpaired) electrons. The van der Waals surface area contributed by atoms with E-state index in [9.17, 15) is 14.4 Å². The largest absolute Gasteiger partial charge is 0.497 e. The van der Waals surface area contributed by atoms with Gasteiger partial charge in [-0.1, -0.05) is 18.2 Å². The summed E-state index contributed by atoms with van der Waals surface area (Å²) in [5.74, 6) is 2.02. The Labute approximate surface area is 215 Å². The predicted octanol–water partition coefficient (Wildman–Crippen LogP) is 5.00. The lowest BCUT2D eigenvalue weighted by Crippen LogP contribution is -2.51. The van der Waals surface area contributed by atoms with Gasteiger partial charge >= 0.3 is 5.97 Å². The van der Waals surface area contributed by atoms with Gasteiger partial charge in [-0.15, -0.1) is 0 Å². The zero-order valence-electron chi connectivity index (χ0n) is 21.3. The van der Waals surface area contributed by atoms with Gasteiger partial charge < -0.3 is 19.4 Å². The molecular weight excluding hydrogens is 468 g/mol. The first-order valence-corrected chi connectivity index (χ1v) is 13.1. The maximum absolute atomic E-state index is 13.8. The van der Waals surface area contributed by atoms with Crippen LogP contribution in [-0.2, 0) is 16.1 Å². The number of aromatic nitrogens is 1. The maximum Gasteiger partial charge on any atom is 0.343 e. The second-order valence-corrected chi connectivity index (χ2v) is 11.2. The van der Waals surface area contributed by atoms with Crippen LogP contribution in [0.2, 0.25) is 0 Å². The number of ether oxygens (including phenoxy) is 2. The van der Waals surface area contributed by atoms with Crippen molar-refractivity contribution < 1.29 is 19.1 Å². The van der Waals surface area contributed by atoms with E-state index in [1.165, 1.54) is 26.4 Å². The molecule has 0 aliphatic heterocycles. The number of nitrogens with one attached hydrogen (secondary N) is 1. The van der Waals surface area contributed by atoms with Crippen molar-refractivity contribution in [3.8, 4) is 5.75 Å². The van der Waals surface area contributed by atoms with E-state index in [1.807, 2.05) is 42.5 Å². The number of pyridine rings is 1. The lowest BCUT2D eigenvalue weighted by molar-refractivity contribution is -0.140. The second-order valence-electron chi connectivity index (χ2n) is 11.2. The lowest BCUT2D eigenvalue weighted by atomic mass is 9.49. The molecule has 4 fully saturated rings. The first-order chi connectivity index (χ1) is 17.9. The fourth-order valence-corrected chi connectivity index (χ4v) is 7.52. The molecule has 37 heavy (non-hydrogen) atoms. The van der Waals surface area contributed by atoms with E-state index in [4.69, 9.17) is 9.47 Å². The third-order valence-corrected chi connectivity index (χ3v) is 8.79. The molecule has 0 saturated heterocycles. The van der Waals surface area contributed by atoms with E-state index in [0.29, 0.717) is 40.1 Å². The fourth-order valence-electron chi connectivity index (χ4n) is 7.52. The number of carbonyl (C=O) groups excluding carboxylic acids is 2. The number of hydrogen-bond donors (Lipinski definition) is 1. The van der Waals surface area contributed by atoms with E-state index in [2.05, 4.69) is 5.32 Å². The minimum atomic E-state index is -0.700. The van der Waals surface area contributed by atoms with Crippen molar-refractivity contribution >= 4 is 28.5 Å². The molecule has 1 amide bonds. The van der Waals surface area contributed by atoms with Crippen LogP contribution < -0.4 is 15.6 Å². The Bertz CT molecular complexity index is 1420. The van der Waals surface area contributed by atoms with Crippen molar-refractivity contribution in [2.45, 2.75) is 45.1 Å². The van der Waals surface area contributed by atoms with Crippen LogP contribution >= 0.6 is 0 Å². The first kappa shape index (κ1) is 23.8. The van der Waals surface area contributed by atoms with Crippen LogP contribution in [0.25, 0.3) is 10.9 Å². The Balaban J connectivity index is 1.42. The van der Waals surface area contributed by atoms with Crippen molar-refractivity contribution in [2.75, 3.05) is 19.5 Å². The van der Waals surface area contributed by atoms with E-state index in [-0.39, 0.29) is 23.4 Å². The van der Waals surface area contributed by atoms with Gasteiger partial charge in [0.1, 0.15) is 11.3 Å². The summed E-state index contributed by atoms with van der Waals surface area (Å²) in [6.45, 7) is 0.240. The molecule has 7 heteroatoms. The lowest BCUT2D eigenvalue weighted by Gasteiger charge is -2.55. The molecule has 192 valence electrons. The van der Waals surface area contributed by atoms with Crippen molar-refractivity contribution in [2.24, 2.45) is 23.2 Å². The van der Waals surface area contributed by atoms with Crippen molar-refractivity contribution in [3.05, 3.63) is 70.0 Å². The Morgan fingerprint density at radius 1 is 0.973 bits per heavy atom. The quantitative estimate of drug-likeness (QED) is 0.482. The highest BCUT2D eigenvalue weighted by molar-refractivity contribution is 6.05. The highest BCUT2D eigenvalue weighted by Gasteiger charge is 2.54. The minimum Gasteiger partial charge on any atom is -0.497 e. The molecule has 7 rings (SSSR count). The number of carbonyl (C=O) groups is 2. The number of methoxy groups -OCH3 is 2. The number of rotatable bonds is 6. The average Bonchev–Trinajstić information content (AvgIpc) is 2.89. The van der Waals surface area contributed by atoms with Gasteiger partial charge in [-0.2, -0.15) is 0 Å². The molecule has 0 spiro atoms. The number of fused-ring (bicyclic) bond motifs is 1. The zero-order valence-corrected chi connectivity index (χ0v) is 21.3. The van der Waals surface area contributed by atoms with Gasteiger partial charge in [0.15, 0.2) is 0 Å². The van der Waals surface area contributed by atoms with Crippen LogP contribution in [-0.4, -0.2) is 30.7 Å². The SMILES string of the molecule is COC(=O)c1cc2c(NC(=O)C34CC5CC(CC(C5)C3)C4)cccc2n(Cc2cccc(OC)c2)c1=O. The Morgan fingerprint density at radius 2 is 1.65 bits per heavy atom. The van der Waals surface area contributed by atoms with Gasteiger partial charge in [0.05, 0.1) is 37.4 Å². The normalized spacial score (nSPS) is 25.7. The third kappa shape index (κ3) is 4.10. The van der Waals surface area contributed by atoms with Crippen molar-refractivity contribution in [3.63, 3.8) is 0 Å². The summed E-state index contributed by atoms with van der Waals surface area (Å²) in [5, 5.41) is 3.87.